The van der Waals surface area contributed by atoms with E-state index in [1.165, 1.54) is 0 Å². The summed E-state index contributed by atoms with van der Waals surface area (Å²) in [7, 11) is 0. The van der Waals surface area contributed by atoms with Crippen LogP contribution in [0.15, 0.2) is 48.7 Å². The number of esters is 1. The Morgan fingerprint density at radius 3 is 2.73 bits per heavy atom. The van der Waals surface area contributed by atoms with Gasteiger partial charge in [0.1, 0.15) is 23.1 Å². The van der Waals surface area contributed by atoms with Crippen molar-refractivity contribution < 1.29 is 9.53 Å². The highest BCUT2D eigenvalue weighted by molar-refractivity contribution is 6.29. The number of rotatable bonds is 4. The standard InChI is InChI=1S/C20H18ClN3O2/c21-18-8-7-14(12-22-18)13-26-20(25)16-11-15-5-1-2-6-17(15)23-19(16)24-9-3-4-10-24/h1-2,5-8,11-12H,3-4,9-10,13H2. The van der Waals surface area contributed by atoms with Crippen molar-refractivity contribution in [2.45, 2.75) is 19.4 Å². The number of ether oxygens (including phenoxy) is 1. The van der Waals surface area contributed by atoms with Crippen molar-refractivity contribution >= 4 is 34.3 Å². The summed E-state index contributed by atoms with van der Waals surface area (Å²) < 4.78 is 5.51. The quantitative estimate of drug-likeness (QED) is 0.510. The van der Waals surface area contributed by atoms with Gasteiger partial charge >= 0.3 is 5.97 Å². The molecule has 0 unspecified atom stereocenters. The van der Waals surface area contributed by atoms with E-state index in [0.29, 0.717) is 16.5 Å². The number of aromatic nitrogens is 2. The van der Waals surface area contributed by atoms with Crippen LogP contribution in [0.25, 0.3) is 10.9 Å². The molecular formula is C20H18ClN3O2. The van der Waals surface area contributed by atoms with Crippen LogP contribution in [-0.4, -0.2) is 29.0 Å². The number of fused-ring (bicyclic) bond motifs is 1. The minimum Gasteiger partial charge on any atom is -0.457 e. The van der Waals surface area contributed by atoms with Crippen LogP contribution in [-0.2, 0) is 11.3 Å². The van der Waals surface area contributed by atoms with Gasteiger partial charge < -0.3 is 9.64 Å². The molecule has 0 radical (unpaired) electrons. The molecule has 1 saturated heterocycles. The first-order valence-corrected chi connectivity index (χ1v) is 9.01. The number of hydrogen-bond acceptors (Lipinski definition) is 5. The van der Waals surface area contributed by atoms with Gasteiger partial charge in [0.25, 0.3) is 0 Å². The van der Waals surface area contributed by atoms with E-state index in [9.17, 15) is 4.79 Å². The zero-order valence-electron chi connectivity index (χ0n) is 14.2. The lowest BCUT2D eigenvalue weighted by Crippen LogP contribution is -2.23. The van der Waals surface area contributed by atoms with Crippen LogP contribution in [0.2, 0.25) is 5.15 Å². The molecule has 0 bridgehead atoms. The average molecular weight is 368 g/mol. The second-order valence-corrected chi connectivity index (χ2v) is 6.70. The molecule has 0 amide bonds. The van der Waals surface area contributed by atoms with Gasteiger partial charge in [-0.25, -0.2) is 14.8 Å². The number of carbonyl (C=O) groups is 1. The van der Waals surface area contributed by atoms with Gasteiger partial charge in [0.05, 0.1) is 5.52 Å². The highest BCUT2D eigenvalue weighted by Crippen LogP contribution is 2.27. The number of halogens is 1. The van der Waals surface area contributed by atoms with Gasteiger partial charge in [-0.1, -0.05) is 35.9 Å². The van der Waals surface area contributed by atoms with Crippen LogP contribution in [0.4, 0.5) is 5.82 Å². The van der Waals surface area contributed by atoms with E-state index in [1.807, 2.05) is 30.3 Å². The monoisotopic (exact) mass is 367 g/mol. The molecule has 1 aliphatic heterocycles. The Hall–Kier alpha value is -2.66. The first-order valence-electron chi connectivity index (χ1n) is 8.63. The summed E-state index contributed by atoms with van der Waals surface area (Å²) in [5, 5.41) is 1.34. The Bertz CT molecular complexity index is 937. The number of anilines is 1. The van der Waals surface area contributed by atoms with E-state index in [-0.39, 0.29) is 12.6 Å². The molecule has 6 heteroatoms. The van der Waals surface area contributed by atoms with E-state index in [1.54, 1.807) is 18.3 Å². The van der Waals surface area contributed by atoms with Crippen molar-refractivity contribution in [1.29, 1.82) is 0 Å². The van der Waals surface area contributed by atoms with E-state index >= 15 is 0 Å². The Balaban J connectivity index is 1.63. The minimum absolute atomic E-state index is 0.148. The number of pyridine rings is 2. The third-order valence-electron chi connectivity index (χ3n) is 4.49. The van der Waals surface area contributed by atoms with Crippen LogP contribution < -0.4 is 4.90 Å². The van der Waals surface area contributed by atoms with Crippen molar-refractivity contribution in [3.05, 3.63) is 64.9 Å². The van der Waals surface area contributed by atoms with E-state index in [4.69, 9.17) is 21.3 Å². The first kappa shape index (κ1) is 16.8. The summed E-state index contributed by atoms with van der Waals surface area (Å²) >= 11 is 5.79. The largest absolute Gasteiger partial charge is 0.457 e. The third kappa shape index (κ3) is 3.48. The maximum atomic E-state index is 12.8. The Morgan fingerprint density at radius 1 is 1.15 bits per heavy atom. The molecule has 5 nitrogen and oxygen atoms in total. The predicted molar refractivity (Wildman–Crippen MR) is 102 cm³/mol. The molecule has 1 fully saturated rings. The van der Waals surface area contributed by atoms with Gasteiger partial charge in [-0.05, 0) is 31.0 Å². The van der Waals surface area contributed by atoms with E-state index in [0.717, 1.165) is 42.4 Å². The maximum Gasteiger partial charge on any atom is 0.342 e. The first-order chi connectivity index (χ1) is 12.7. The predicted octanol–water partition coefficient (Wildman–Crippen LogP) is 4.24. The normalized spacial score (nSPS) is 14.0. The summed E-state index contributed by atoms with van der Waals surface area (Å²) in [6.07, 6.45) is 3.83. The van der Waals surface area contributed by atoms with Crippen molar-refractivity contribution in [2.75, 3.05) is 18.0 Å². The average Bonchev–Trinajstić information content (AvgIpc) is 3.21. The third-order valence-corrected chi connectivity index (χ3v) is 4.71. The fourth-order valence-electron chi connectivity index (χ4n) is 3.14. The zero-order chi connectivity index (χ0) is 17.9. The number of carbonyl (C=O) groups excluding carboxylic acids is 1. The van der Waals surface area contributed by atoms with Crippen LogP contribution >= 0.6 is 11.6 Å². The number of nitrogens with zero attached hydrogens (tertiary/aromatic N) is 3. The fourth-order valence-corrected chi connectivity index (χ4v) is 3.26. The number of benzene rings is 1. The second kappa shape index (κ2) is 7.30. The smallest absolute Gasteiger partial charge is 0.342 e. The minimum atomic E-state index is -0.375. The van der Waals surface area contributed by atoms with Gasteiger partial charge in [0, 0.05) is 30.2 Å². The topological polar surface area (TPSA) is 55.3 Å². The SMILES string of the molecule is O=C(OCc1ccc(Cl)nc1)c1cc2ccccc2nc1N1CCCC1. The molecule has 4 rings (SSSR count). The highest BCUT2D eigenvalue weighted by Gasteiger charge is 2.23. The summed E-state index contributed by atoms with van der Waals surface area (Å²) in [5.74, 6) is 0.334. The molecule has 0 atom stereocenters. The lowest BCUT2D eigenvalue weighted by Gasteiger charge is -2.20. The Labute approximate surface area is 156 Å². The van der Waals surface area contributed by atoms with Gasteiger partial charge in [0.2, 0.25) is 0 Å². The van der Waals surface area contributed by atoms with Crippen LogP contribution in [0, 0.1) is 0 Å². The van der Waals surface area contributed by atoms with E-state index in [2.05, 4.69) is 9.88 Å². The van der Waals surface area contributed by atoms with Gasteiger partial charge in [0.15, 0.2) is 0 Å². The zero-order valence-corrected chi connectivity index (χ0v) is 14.9. The maximum absolute atomic E-state index is 12.8. The van der Waals surface area contributed by atoms with Crippen LogP contribution in [0.1, 0.15) is 28.8 Å². The Kier molecular flexibility index (Phi) is 4.71. The van der Waals surface area contributed by atoms with Gasteiger partial charge in [-0.2, -0.15) is 0 Å². The summed E-state index contributed by atoms with van der Waals surface area (Å²) in [4.78, 5) is 23.7. The fraction of sp³-hybridized carbons (Fsp3) is 0.250. The lowest BCUT2D eigenvalue weighted by molar-refractivity contribution is 0.0473. The Morgan fingerprint density at radius 2 is 1.96 bits per heavy atom. The molecule has 0 spiro atoms. The number of hydrogen-bond donors (Lipinski definition) is 0. The summed E-state index contributed by atoms with van der Waals surface area (Å²) in [6.45, 7) is 1.97. The summed E-state index contributed by atoms with van der Waals surface area (Å²) in [5.41, 5.74) is 2.18. The molecule has 1 aliphatic rings. The van der Waals surface area contributed by atoms with Crippen molar-refractivity contribution in [3.8, 4) is 0 Å². The van der Waals surface area contributed by atoms with Gasteiger partial charge in [-0.3, -0.25) is 0 Å². The molecule has 0 aliphatic carbocycles. The highest BCUT2D eigenvalue weighted by atomic mass is 35.5. The van der Waals surface area contributed by atoms with Crippen LogP contribution in [0.3, 0.4) is 0 Å². The van der Waals surface area contributed by atoms with Crippen molar-refractivity contribution in [2.24, 2.45) is 0 Å². The van der Waals surface area contributed by atoms with Crippen molar-refractivity contribution in [3.63, 3.8) is 0 Å². The molecule has 132 valence electrons. The van der Waals surface area contributed by atoms with Gasteiger partial charge in [-0.15, -0.1) is 0 Å². The molecule has 3 heterocycles. The summed E-state index contributed by atoms with van der Waals surface area (Å²) in [6, 6.07) is 13.2. The molecule has 3 aromatic rings. The molecule has 0 saturated carbocycles. The molecule has 26 heavy (non-hydrogen) atoms. The van der Waals surface area contributed by atoms with Crippen molar-refractivity contribution in [1.82, 2.24) is 9.97 Å². The molecular weight excluding hydrogens is 350 g/mol. The molecule has 2 aromatic heterocycles. The molecule has 0 N–H and O–H groups in total. The second-order valence-electron chi connectivity index (χ2n) is 6.31. The number of para-hydroxylation sites is 1. The van der Waals surface area contributed by atoms with E-state index < -0.39 is 0 Å². The van der Waals surface area contributed by atoms with Crippen LogP contribution in [0.5, 0.6) is 0 Å². The molecule has 1 aromatic carbocycles. The lowest BCUT2D eigenvalue weighted by atomic mass is 10.1.